The van der Waals surface area contributed by atoms with Gasteiger partial charge in [0.15, 0.2) is 0 Å². The van der Waals surface area contributed by atoms with E-state index in [1.54, 1.807) is 18.4 Å². The summed E-state index contributed by atoms with van der Waals surface area (Å²) < 4.78 is 21.7. The van der Waals surface area contributed by atoms with Crippen molar-refractivity contribution in [1.82, 2.24) is 24.9 Å². The monoisotopic (exact) mass is 717 g/mol. The van der Waals surface area contributed by atoms with Crippen LogP contribution < -0.4 is 10.6 Å². The number of halogens is 3. The number of pyridine rings is 1. The number of anilines is 3. The lowest BCUT2D eigenvalue weighted by molar-refractivity contribution is 0.0866. The average molecular weight is 719 g/mol. The van der Waals surface area contributed by atoms with Crippen LogP contribution in [0.2, 0.25) is 10.0 Å². The molecule has 0 bridgehead atoms. The second-order valence-corrected chi connectivity index (χ2v) is 14.3. The summed E-state index contributed by atoms with van der Waals surface area (Å²) in [7, 11) is 0. The summed E-state index contributed by atoms with van der Waals surface area (Å²) in [6.45, 7) is 18.7. The zero-order chi connectivity index (χ0) is 36.2. The molecule has 4 aromatic rings. The standard InChI is InChI=1S/C37H42Cl2FN9O/c1-8-33(50-22(2)3)42-19-23(4)34(32-21-49(47-46-32)27-11-13-48(14-12-27)37(5,6)7)45-26-15-28-35(44-25-9-10-31(40)29(38)16-25)24(18-41)20-43-36(28)30(39)17-26/h8-10,15-17,19-22,27,34,45H,4,11-14H2,1-3,5-7H3,(H,43,44)/b33-8+,42-19?/t34-/m0/s1. The first-order valence-electron chi connectivity index (χ1n) is 16.5. The third-order valence-corrected chi connectivity index (χ3v) is 9.07. The smallest absolute Gasteiger partial charge is 0.208 e. The van der Waals surface area contributed by atoms with Gasteiger partial charge in [-0.05, 0) is 96.4 Å². The lowest BCUT2D eigenvalue weighted by atomic mass is 9.98. The van der Waals surface area contributed by atoms with Crippen LogP contribution in [-0.4, -0.2) is 55.8 Å². The summed E-state index contributed by atoms with van der Waals surface area (Å²) in [5, 5.41) is 26.7. The summed E-state index contributed by atoms with van der Waals surface area (Å²) in [5.41, 5.74) is 3.64. The zero-order valence-corrected chi connectivity index (χ0v) is 30.6. The van der Waals surface area contributed by atoms with Gasteiger partial charge >= 0.3 is 0 Å². The van der Waals surface area contributed by atoms with Crippen LogP contribution >= 0.6 is 23.2 Å². The number of rotatable bonds is 11. The molecule has 0 unspecified atom stereocenters. The maximum absolute atomic E-state index is 13.9. The molecule has 50 heavy (non-hydrogen) atoms. The summed E-state index contributed by atoms with van der Waals surface area (Å²) >= 11 is 12.9. The van der Waals surface area contributed by atoms with Crippen molar-refractivity contribution >= 4 is 57.4 Å². The van der Waals surface area contributed by atoms with Crippen LogP contribution in [0, 0.1) is 17.1 Å². The van der Waals surface area contributed by atoms with E-state index in [1.807, 2.05) is 37.7 Å². The zero-order valence-electron chi connectivity index (χ0n) is 29.1. The van der Waals surface area contributed by atoms with Crippen molar-refractivity contribution in [2.24, 2.45) is 4.99 Å². The van der Waals surface area contributed by atoms with E-state index in [9.17, 15) is 9.65 Å². The van der Waals surface area contributed by atoms with Crippen molar-refractivity contribution in [3.8, 4) is 6.07 Å². The number of ether oxygens (including phenoxy) is 1. The molecule has 0 saturated carbocycles. The topological polar surface area (TPSA) is 116 Å². The van der Waals surface area contributed by atoms with Crippen LogP contribution in [0.25, 0.3) is 10.9 Å². The Morgan fingerprint density at radius 1 is 1.16 bits per heavy atom. The second kappa shape index (κ2) is 15.6. The number of benzene rings is 2. The highest BCUT2D eigenvalue weighted by molar-refractivity contribution is 6.36. The highest BCUT2D eigenvalue weighted by atomic mass is 35.5. The van der Waals surface area contributed by atoms with E-state index in [1.165, 1.54) is 24.4 Å². The van der Waals surface area contributed by atoms with Gasteiger partial charge in [0, 0.05) is 47.8 Å². The average Bonchev–Trinajstić information content (AvgIpc) is 3.57. The number of allylic oxidation sites excluding steroid dienone is 1. The summed E-state index contributed by atoms with van der Waals surface area (Å²) in [6, 6.07) is 9.67. The normalized spacial score (nSPS) is 15.4. The van der Waals surface area contributed by atoms with Crippen molar-refractivity contribution < 1.29 is 9.13 Å². The molecule has 5 rings (SSSR count). The van der Waals surface area contributed by atoms with Crippen molar-refractivity contribution in [3.05, 3.63) is 94.0 Å². The van der Waals surface area contributed by atoms with Gasteiger partial charge in [-0.2, -0.15) is 5.26 Å². The van der Waals surface area contributed by atoms with E-state index in [4.69, 9.17) is 27.9 Å². The maximum atomic E-state index is 13.9. The molecular weight excluding hydrogens is 676 g/mol. The molecule has 1 fully saturated rings. The first-order valence-corrected chi connectivity index (χ1v) is 17.3. The third kappa shape index (κ3) is 8.62. The van der Waals surface area contributed by atoms with Crippen molar-refractivity contribution in [3.63, 3.8) is 0 Å². The number of nitrogens with zero attached hydrogens (tertiary/aromatic N) is 7. The molecule has 2 aromatic heterocycles. The Kier molecular flexibility index (Phi) is 11.5. The van der Waals surface area contributed by atoms with Crippen molar-refractivity contribution in [1.29, 1.82) is 5.26 Å². The molecular formula is C37H42Cl2FN9O. The van der Waals surface area contributed by atoms with Gasteiger partial charge in [0.1, 0.15) is 17.6 Å². The molecule has 13 heteroatoms. The molecule has 1 aliphatic heterocycles. The minimum Gasteiger partial charge on any atom is -0.475 e. The number of hydrogen-bond acceptors (Lipinski definition) is 9. The lowest BCUT2D eigenvalue weighted by Gasteiger charge is -2.40. The first-order chi connectivity index (χ1) is 23.8. The van der Waals surface area contributed by atoms with E-state index in [2.05, 4.69) is 69.2 Å². The van der Waals surface area contributed by atoms with Crippen LogP contribution in [0.1, 0.15) is 77.7 Å². The van der Waals surface area contributed by atoms with E-state index >= 15 is 0 Å². The number of aliphatic imine (C=N–C) groups is 1. The van der Waals surface area contributed by atoms with Crippen LogP contribution in [-0.2, 0) is 4.74 Å². The molecule has 0 amide bonds. The van der Waals surface area contributed by atoms with Gasteiger partial charge in [-0.1, -0.05) is 35.0 Å². The van der Waals surface area contributed by atoms with E-state index < -0.39 is 11.9 Å². The van der Waals surface area contributed by atoms with Gasteiger partial charge in [-0.15, -0.1) is 5.10 Å². The maximum Gasteiger partial charge on any atom is 0.208 e. The van der Waals surface area contributed by atoms with Gasteiger partial charge in [-0.25, -0.2) is 14.1 Å². The van der Waals surface area contributed by atoms with Gasteiger partial charge in [0.25, 0.3) is 0 Å². The quantitative estimate of drug-likeness (QED) is 0.116. The number of fused-ring (bicyclic) bond motifs is 1. The molecule has 3 heterocycles. The Morgan fingerprint density at radius 3 is 2.52 bits per heavy atom. The lowest BCUT2D eigenvalue weighted by Crippen LogP contribution is -2.46. The SMILES string of the molecule is C=C(C=N/C(=C\C)OC(C)C)[C@H](Nc1cc(Cl)c2ncc(C#N)c(Nc3ccc(F)c(Cl)c3)c2c1)c1cn(C2CCN(C(C)(C)C)CC2)nn1. The van der Waals surface area contributed by atoms with Crippen LogP contribution in [0.3, 0.4) is 0 Å². The molecule has 262 valence electrons. The summed E-state index contributed by atoms with van der Waals surface area (Å²) in [6.07, 6.45) is 8.71. The Hall–Kier alpha value is -4.50. The number of nitrogens with one attached hydrogen (secondary N) is 2. The molecule has 1 saturated heterocycles. The molecule has 2 N–H and O–H groups in total. The van der Waals surface area contributed by atoms with Gasteiger partial charge < -0.3 is 15.4 Å². The number of nitriles is 1. The molecule has 1 atom stereocenters. The Morgan fingerprint density at radius 2 is 1.88 bits per heavy atom. The largest absolute Gasteiger partial charge is 0.475 e. The molecule has 0 aliphatic carbocycles. The fourth-order valence-corrected chi connectivity index (χ4v) is 6.29. The number of aromatic nitrogens is 4. The Bertz CT molecular complexity index is 1970. The van der Waals surface area contributed by atoms with E-state index in [-0.39, 0.29) is 28.3 Å². The minimum atomic E-state index is -0.563. The van der Waals surface area contributed by atoms with E-state index in [0.29, 0.717) is 50.1 Å². The predicted octanol–water partition coefficient (Wildman–Crippen LogP) is 9.39. The fourth-order valence-electron chi connectivity index (χ4n) is 5.84. The summed E-state index contributed by atoms with van der Waals surface area (Å²) in [5.74, 6) is -0.0825. The molecule has 0 radical (unpaired) electrons. The molecule has 2 aromatic carbocycles. The first kappa shape index (κ1) is 36.8. The van der Waals surface area contributed by atoms with Crippen molar-refractivity contribution in [2.45, 2.75) is 78.1 Å². The van der Waals surface area contributed by atoms with Crippen LogP contribution in [0.4, 0.5) is 21.5 Å². The van der Waals surface area contributed by atoms with Crippen LogP contribution in [0.15, 0.2) is 71.8 Å². The predicted molar refractivity (Wildman–Crippen MR) is 200 cm³/mol. The highest BCUT2D eigenvalue weighted by Gasteiger charge is 2.29. The van der Waals surface area contributed by atoms with Gasteiger partial charge in [0.05, 0.1) is 51.2 Å². The molecule has 10 nitrogen and oxygen atoms in total. The number of piperidine rings is 1. The number of likely N-dealkylation sites (tertiary alicyclic amines) is 1. The third-order valence-electron chi connectivity index (χ3n) is 8.49. The number of hydrogen-bond donors (Lipinski definition) is 2. The minimum absolute atomic E-state index is 0.0504. The van der Waals surface area contributed by atoms with Crippen LogP contribution in [0.5, 0.6) is 0 Å². The Labute approximate surface area is 302 Å². The van der Waals surface area contributed by atoms with Crippen molar-refractivity contribution in [2.75, 3.05) is 23.7 Å². The molecule has 0 spiro atoms. The molecule has 1 aliphatic rings. The van der Waals surface area contributed by atoms with Gasteiger partial charge in [-0.3, -0.25) is 9.88 Å². The highest BCUT2D eigenvalue weighted by Crippen LogP contribution is 2.37. The fraction of sp³-hybridized carbons (Fsp3) is 0.378. The second-order valence-electron chi connectivity index (χ2n) is 13.5. The van der Waals surface area contributed by atoms with Gasteiger partial charge in [0.2, 0.25) is 5.88 Å². The van der Waals surface area contributed by atoms with E-state index in [0.717, 1.165) is 25.9 Å². The Balaban J connectivity index is 1.52. The summed E-state index contributed by atoms with van der Waals surface area (Å²) in [4.78, 5) is 11.5.